The van der Waals surface area contributed by atoms with Crippen molar-refractivity contribution < 1.29 is 4.74 Å². The summed E-state index contributed by atoms with van der Waals surface area (Å²) in [6.07, 6.45) is 0. The molecule has 0 radical (unpaired) electrons. The lowest BCUT2D eigenvalue weighted by molar-refractivity contribution is 0.137. The molecule has 0 aliphatic carbocycles. The van der Waals surface area contributed by atoms with Crippen LogP contribution in [0.2, 0.25) is 0 Å². The topological polar surface area (TPSA) is 88.9 Å². The lowest BCUT2D eigenvalue weighted by Gasteiger charge is -2.13. The molecule has 0 aromatic carbocycles. The zero-order valence-corrected chi connectivity index (χ0v) is 17.4. The number of rotatable bonds is 7. The summed E-state index contributed by atoms with van der Waals surface area (Å²) >= 11 is 0. The van der Waals surface area contributed by atoms with Gasteiger partial charge in [-0.1, -0.05) is 13.8 Å². The predicted octanol–water partition coefficient (Wildman–Crippen LogP) is 1.39. The SMILES string of the molecule is CCOCCn1c(=O)c2c(nc(-n3nc(C)cc3C)n2CC(C)C)n(C)c1=O. The van der Waals surface area contributed by atoms with Gasteiger partial charge in [-0.25, -0.2) is 9.48 Å². The Morgan fingerprint density at radius 2 is 1.89 bits per heavy atom. The third-order valence-corrected chi connectivity index (χ3v) is 4.62. The van der Waals surface area contributed by atoms with E-state index in [4.69, 9.17) is 4.74 Å². The fraction of sp³-hybridized carbons (Fsp3) is 0.579. The average molecular weight is 388 g/mol. The first kappa shape index (κ1) is 20.1. The van der Waals surface area contributed by atoms with Gasteiger partial charge < -0.3 is 9.30 Å². The smallest absolute Gasteiger partial charge is 0.332 e. The Balaban J connectivity index is 2.33. The average Bonchev–Trinajstić information content (AvgIpc) is 3.15. The number of aryl methyl sites for hydroxylation is 3. The summed E-state index contributed by atoms with van der Waals surface area (Å²) in [4.78, 5) is 30.6. The zero-order chi connectivity index (χ0) is 20.6. The van der Waals surface area contributed by atoms with Gasteiger partial charge in [-0.2, -0.15) is 10.1 Å². The van der Waals surface area contributed by atoms with Gasteiger partial charge in [-0.15, -0.1) is 0 Å². The molecule has 3 aromatic rings. The summed E-state index contributed by atoms with van der Waals surface area (Å²) in [5.41, 5.74) is 1.81. The summed E-state index contributed by atoms with van der Waals surface area (Å²) < 4.78 is 11.6. The van der Waals surface area contributed by atoms with Gasteiger partial charge in [0.05, 0.1) is 18.8 Å². The van der Waals surface area contributed by atoms with Gasteiger partial charge in [0.1, 0.15) is 0 Å². The first-order chi connectivity index (χ1) is 13.3. The second-order valence-electron chi connectivity index (χ2n) is 7.42. The molecule has 0 saturated carbocycles. The molecule has 0 atom stereocenters. The zero-order valence-electron chi connectivity index (χ0n) is 17.4. The van der Waals surface area contributed by atoms with Crippen LogP contribution in [-0.2, 0) is 24.9 Å². The molecular weight excluding hydrogens is 360 g/mol. The molecule has 3 aromatic heterocycles. The van der Waals surface area contributed by atoms with E-state index in [-0.39, 0.29) is 18.0 Å². The normalized spacial score (nSPS) is 11.8. The van der Waals surface area contributed by atoms with Crippen molar-refractivity contribution in [1.82, 2.24) is 28.5 Å². The Morgan fingerprint density at radius 3 is 2.46 bits per heavy atom. The van der Waals surface area contributed by atoms with Crippen molar-refractivity contribution in [3.8, 4) is 5.95 Å². The van der Waals surface area contributed by atoms with Gasteiger partial charge in [-0.05, 0) is 32.8 Å². The third-order valence-electron chi connectivity index (χ3n) is 4.62. The number of fused-ring (bicyclic) bond motifs is 1. The van der Waals surface area contributed by atoms with E-state index < -0.39 is 5.69 Å². The molecule has 0 spiro atoms. The van der Waals surface area contributed by atoms with E-state index in [0.29, 0.717) is 36.9 Å². The van der Waals surface area contributed by atoms with Crippen LogP contribution in [0.5, 0.6) is 0 Å². The molecule has 0 bridgehead atoms. The van der Waals surface area contributed by atoms with Gasteiger partial charge in [0.2, 0.25) is 5.95 Å². The van der Waals surface area contributed by atoms with Crippen LogP contribution in [0, 0.1) is 19.8 Å². The highest BCUT2D eigenvalue weighted by molar-refractivity contribution is 5.72. The van der Waals surface area contributed by atoms with Crippen molar-refractivity contribution in [2.45, 2.75) is 47.7 Å². The maximum Gasteiger partial charge on any atom is 0.332 e. The Hall–Kier alpha value is -2.68. The molecule has 0 aliphatic heterocycles. The Kier molecular flexibility index (Phi) is 5.55. The van der Waals surface area contributed by atoms with E-state index >= 15 is 0 Å². The highest BCUT2D eigenvalue weighted by Crippen LogP contribution is 2.18. The highest BCUT2D eigenvalue weighted by Gasteiger charge is 2.23. The van der Waals surface area contributed by atoms with E-state index in [1.54, 1.807) is 11.7 Å². The first-order valence-electron chi connectivity index (χ1n) is 9.57. The summed E-state index contributed by atoms with van der Waals surface area (Å²) in [5.74, 6) is 0.825. The molecule has 3 rings (SSSR count). The first-order valence-corrected chi connectivity index (χ1v) is 9.57. The van der Waals surface area contributed by atoms with Crippen molar-refractivity contribution in [2.24, 2.45) is 13.0 Å². The van der Waals surface area contributed by atoms with E-state index in [9.17, 15) is 9.59 Å². The van der Waals surface area contributed by atoms with Crippen LogP contribution in [0.1, 0.15) is 32.2 Å². The monoisotopic (exact) mass is 388 g/mol. The maximum absolute atomic E-state index is 13.2. The summed E-state index contributed by atoms with van der Waals surface area (Å²) in [7, 11) is 1.64. The largest absolute Gasteiger partial charge is 0.380 e. The van der Waals surface area contributed by atoms with Crippen molar-refractivity contribution in [3.63, 3.8) is 0 Å². The number of ether oxygens (including phenoxy) is 1. The van der Waals surface area contributed by atoms with E-state index in [1.807, 2.05) is 31.4 Å². The molecule has 0 amide bonds. The molecule has 9 nitrogen and oxygen atoms in total. The molecule has 0 fully saturated rings. The van der Waals surface area contributed by atoms with Crippen LogP contribution >= 0.6 is 0 Å². The van der Waals surface area contributed by atoms with Crippen LogP contribution in [0.3, 0.4) is 0 Å². The van der Waals surface area contributed by atoms with Crippen LogP contribution in [0.15, 0.2) is 15.7 Å². The molecule has 0 aliphatic rings. The van der Waals surface area contributed by atoms with Crippen LogP contribution < -0.4 is 11.2 Å². The molecule has 0 unspecified atom stereocenters. The minimum absolute atomic E-state index is 0.206. The van der Waals surface area contributed by atoms with Crippen molar-refractivity contribution >= 4 is 11.2 Å². The maximum atomic E-state index is 13.2. The van der Waals surface area contributed by atoms with Crippen LogP contribution in [0.4, 0.5) is 0 Å². The molecule has 3 heterocycles. The minimum atomic E-state index is -0.397. The standard InChI is InChI=1S/C19H28N6O3/c1-7-28-9-8-23-17(26)15-16(22(6)19(23)27)20-18(24(15)11-12(2)3)25-14(5)10-13(4)21-25/h10,12H,7-9,11H2,1-6H3. The lowest BCUT2D eigenvalue weighted by atomic mass is 10.2. The van der Waals surface area contributed by atoms with Crippen LogP contribution in [-0.4, -0.2) is 41.7 Å². The Labute approximate surface area is 163 Å². The summed E-state index contributed by atoms with van der Waals surface area (Å²) in [6.45, 7) is 11.5. The molecular formula is C19H28N6O3. The van der Waals surface area contributed by atoms with Gasteiger partial charge in [-0.3, -0.25) is 13.9 Å². The van der Waals surface area contributed by atoms with Gasteiger partial charge in [0, 0.05) is 25.9 Å². The van der Waals surface area contributed by atoms with E-state index in [1.165, 1.54) is 9.13 Å². The van der Waals surface area contributed by atoms with E-state index in [2.05, 4.69) is 23.9 Å². The molecule has 28 heavy (non-hydrogen) atoms. The van der Waals surface area contributed by atoms with Crippen LogP contribution in [0.25, 0.3) is 17.1 Å². The van der Waals surface area contributed by atoms with Gasteiger partial charge >= 0.3 is 5.69 Å². The lowest BCUT2D eigenvalue weighted by Crippen LogP contribution is -2.40. The number of hydrogen-bond donors (Lipinski definition) is 0. The molecule has 0 saturated heterocycles. The molecule has 9 heteroatoms. The predicted molar refractivity (Wildman–Crippen MR) is 107 cm³/mol. The van der Waals surface area contributed by atoms with Crippen molar-refractivity contribution in [1.29, 1.82) is 0 Å². The second kappa shape index (κ2) is 7.75. The third kappa shape index (κ3) is 3.42. The number of hydrogen-bond acceptors (Lipinski definition) is 5. The minimum Gasteiger partial charge on any atom is -0.380 e. The fourth-order valence-electron chi connectivity index (χ4n) is 3.39. The fourth-order valence-corrected chi connectivity index (χ4v) is 3.39. The highest BCUT2D eigenvalue weighted by atomic mass is 16.5. The molecule has 0 N–H and O–H groups in total. The number of imidazole rings is 1. The Bertz CT molecular complexity index is 1120. The van der Waals surface area contributed by atoms with Crippen molar-refractivity contribution in [3.05, 3.63) is 38.3 Å². The number of aromatic nitrogens is 6. The van der Waals surface area contributed by atoms with E-state index in [0.717, 1.165) is 11.4 Å². The van der Waals surface area contributed by atoms with Crippen molar-refractivity contribution in [2.75, 3.05) is 13.2 Å². The van der Waals surface area contributed by atoms with Gasteiger partial charge in [0.25, 0.3) is 5.56 Å². The molecule has 152 valence electrons. The summed E-state index contributed by atoms with van der Waals surface area (Å²) in [6, 6.07) is 1.96. The van der Waals surface area contributed by atoms with Gasteiger partial charge in [0.15, 0.2) is 11.2 Å². The number of nitrogens with zero attached hydrogens (tertiary/aromatic N) is 6. The second-order valence-corrected chi connectivity index (χ2v) is 7.42. The summed E-state index contributed by atoms with van der Waals surface area (Å²) in [5, 5.41) is 4.53. The quantitative estimate of drug-likeness (QED) is 0.571. The Morgan fingerprint density at radius 1 is 1.18 bits per heavy atom.